The predicted octanol–water partition coefficient (Wildman–Crippen LogP) is 0.777. The minimum atomic E-state index is -0.566. The lowest BCUT2D eigenvalue weighted by atomic mass is 10.1. The monoisotopic (exact) mass is 340 g/mol. The van der Waals surface area contributed by atoms with E-state index in [4.69, 9.17) is 14.7 Å². The first-order valence-electron chi connectivity index (χ1n) is 7.63. The van der Waals surface area contributed by atoms with E-state index in [1.165, 1.54) is 0 Å². The van der Waals surface area contributed by atoms with Crippen molar-refractivity contribution in [3.8, 4) is 17.6 Å². The summed E-state index contributed by atoms with van der Waals surface area (Å²) in [6.45, 7) is 3.57. The van der Waals surface area contributed by atoms with Crippen molar-refractivity contribution in [1.29, 1.82) is 5.26 Å². The van der Waals surface area contributed by atoms with E-state index < -0.39 is 5.56 Å². The maximum atomic E-state index is 12.2. The molecule has 2 aromatic rings. The summed E-state index contributed by atoms with van der Waals surface area (Å²) in [5.74, 6) is 0.932. The zero-order valence-electron chi connectivity index (χ0n) is 13.8. The molecule has 1 aliphatic rings. The van der Waals surface area contributed by atoms with Gasteiger partial charge in [-0.1, -0.05) is 6.07 Å². The van der Waals surface area contributed by atoms with Gasteiger partial charge in [0.05, 0.1) is 5.69 Å². The summed E-state index contributed by atoms with van der Waals surface area (Å²) < 4.78 is 11.5. The summed E-state index contributed by atoms with van der Waals surface area (Å²) >= 11 is 0. The molecule has 1 aliphatic heterocycles. The molecule has 1 amide bonds. The number of hydrogen-bond donors (Lipinski definition) is 1. The number of fused-ring (bicyclic) bond motifs is 1. The van der Waals surface area contributed by atoms with E-state index in [2.05, 4.69) is 10.4 Å². The van der Waals surface area contributed by atoms with Crippen LogP contribution < -0.4 is 20.3 Å². The fourth-order valence-corrected chi connectivity index (χ4v) is 2.45. The third kappa shape index (κ3) is 3.30. The zero-order valence-corrected chi connectivity index (χ0v) is 13.8. The van der Waals surface area contributed by atoms with Crippen molar-refractivity contribution in [2.75, 3.05) is 6.79 Å². The van der Waals surface area contributed by atoms with Gasteiger partial charge in [-0.25, -0.2) is 4.68 Å². The van der Waals surface area contributed by atoms with Gasteiger partial charge in [-0.05, 0) is 37.1 Å². The second-order valence-electron chi connectivity index (χ2n) is 5.62. The van der Waals surface area contributed by atoms with Gasteiger partial charge in [0.1, 0.15) is 18.2 Å². The van der Waals surface area contributed by atoms with E-state index >= 15 is 0 Å². The Hall–Kier alpha value is -3.34. The third-order valence-electron chi connectivity index (χ3n) is 3.97. The largest absolute Gasteiger partial charge is 0.454 e. The Morgan fingerprint density at radius 1 is 1.36 bits per heavy atom. The van der Waals surface area contributed by atoms with Gasteiger partial charge >= 0.3 is 0 Å². The Morgan fingerprint density at radius 3 is 2.88 bits per heavy atom. The third-order valence-corrected chi connectivity index (χ3v) is 3.97. The van der Waals surface area contributed by atoms with Crippen LogP contribution in [0.2, 0.25) is 0 Å². The van der Waals surface area contributed by atoms with Crippen LogP contribution in [0.3, 0.4) is 0 Å². The molecule has 128 valence electrons. The fraction of sp³-hybridized carbons (Fsp3) is 0.294. The molecule has 1 N–H and O–H groups in total. The highest BCUT2D eigenvalue weighted by atomic mass is 16.7. The van der Waals surface area contributed by atoms with E-state index in [1.54, 1.807) is 26.0 Å². The highest BCUT2D eigenvalue weighted by Crippen LogP contribution is 2.32. The Bertz CT molecular complexity index is 943. The van der Waals surface area contributed by atoms with Crippen LogP contribution in [0.15, 0.2) is 23.0 Å². The molecule has 3 rings (SSSR count). The number of aromatic nitrogens is 2. The minimum absolute atomic E-state index is 0.0103. The summed E-state index contributed by atoms with van der Waals surface area (Å²) in [7, 11) is 0. The van der Waals surface area contributed by atoms with Gasteiger partial charge < -0.3 is 14.8 Å². The van der Waals surface area contributed by atoms with Crippen LogP contribution in [0.25, 0.3) is 0 Å². The van der Waals surface area contributed by atoms with Crippen molar-refractivity contribution in [1.82, 2.24) is 15.1 Å². The van der Waals surface area contributed by atoms with Crippen LogP contribution in [-0.2, 0) is 17.9 Å². The van der Waals surface area contributed by atoms with Gasteiger partial charge in [0.2, 0.25) is 12.7 Å². The number of amides is 1. The summed E-state index contributed by atoms with van der Waals surface area (Å²) in [6.07, 6.45) is 0. The first-order chi connectivity index (χ1) is 12.0. The molecule has 0 saturated heterocycles. The van der Waals surface area contributed by atoms with Gasteiger partial charge in [0, 0.05) is 6.54 Å². The maximum absolute atomic E-state index is 12.2. The Labute approximate surface area is 143 Å². The fourth-order valence-electron chi connectivity index (χ4n) is 2.45. The van der Waals surface area contributed by atoms with Crippen LogP contribution in [0.5, 0.6) is 11.5 Å². The molecule has 0 atom stereocenters. The highest BCUT2D eigenvalue weighted by molar-refractivity contribution is 5.75. The van der Waals surface area contributed by atoms with E-state index in [9.17, 15) is 9.59 Å². The lowest BCUT2D eigenvalue weighted by Crippen LogP contribution is -2.35. The molecule has 1 aromatic heterocycles. The van der Waals surface area contributed by atoms with Crippen LogP contribution in [0, 0.1) is 25.2 Å². The van der Waals surface area contributed by atoms with Gasteiger partial charge in [0.25, 0.3) is 5.56 Å². The predicted molar refractivity (Wildman–Crippen MR) is 87.1 cm³/mol. The Kier molecular flexibility index (Phi) is 4.39. The van der Waals surface area contributed by atoms with Gasteiger partial charge in [-0.3, -0.25) is 9.59 Å². The van der Waals surface area contributed by atoms with Crippen molar-refractivity contribution < 1.29 is 14.3 Å². The number of ether oxygens (including phenoxy) is 2. The number of carbonyl (C=O) groups is 1. The zero-order chi connectivity index (χ0) is 18.0. The normalized spacial score (nSPS) is 11.9. The second kappa shape index (κ2) is 6.65. The van der Waals surface area contributed by atoms with Crippen molar-refractivity contribution in [3.05, 3.63) is 50.9 Å². The molecular formula is C17H16N4O4. The number of nitrogens with zero attached hydrogens (tertiary/aromatic N) is 3. The number of rotatable bonds is 4. The molecule has 0 saturated carbocycles. The van der Waals surface area contributed by atoms with Crippen LogP contribution >= 0.6 is 0 Å². The van der Waals surface area contributed by atoms with E-state index in [1.807, 2.05) is 12.1 Å². The molecule has 8 heteroatoms. The standard InChI is InChI=1S/C17H16N4O4/c1-10-11(2)20-21(17(23)13(10)6-18)8-16(22)19-7-12-3-4-14-15(5-12)25-9-24-14/h3-5H,7-9H2,1-2H3,(H,19,22). The van der Waals surface area contributed by atoms with E-state index in [-0.39, 0.29) is 31.4 Å². The summed E-state index contributed by atoms with van der Waals surface area (Å²) in [5, 5.41) is 15.9. The SMILES string of the molecule is Cc1nn(CC(=O)NCc2ccc3c(c2)OCO3)c(=O)c(C#N)c1C. The second-order valence-corrected chi connectivity index (χ2v) is 5.62. The molecule has 0 spiro atoms. The van der Waals surface area contributed by atoms with Crippen molar-refractivity contribution in [3.63, 3.8) is 0 Å². The lowest BCUT2D eigenvalue weighted by Gasteiger charge is -2.10. The Balaban J connectivity index is 1.68. The molecule has 0 unspecified atom stereocenters. The van der Waals surface area contributed by atoms with Crippen molar-refractivity contribution in [2.24, 2.45) is 0 Å². The first-order valence-corrected chi connectivity index (χ1v) is 7.63. The number of nitrogens with one attached hydrogen (secondary N) is 1. The number of aryl methyl sites for hydroxylation is 1. The molecule has 1 aromatic carbocycles. The van der Waals surface area contributed by atoms with Crippen molar-refractivity contribution in [2.45, 2.75) is 26.9 Å². The molecule has 0 bridgehead atoms. The average molecular weight is 340 g/mol. The highest BCUT2D eigenvalue weighted by Gasteiger charge is 2.15. The van der Waals surface area contributed by atoms with E-state index in [0.717, 1.165) is 10.2 Å². The summed E-state index contributed by atoms with van der Waals surface area (Å²) in [4.78, 5) is 24.3. The van der Waals surface area contributed by atoms with Crippen LogP contribution in [0.4, 0.5) is 0 Å². The summed E-state index contributed by atoms with van der Waals surface area (Å²) in [6, 6.07) is 7.26. The van der Waals surface area contributed by atoms with Crippen LogP contribution in [0.1, 0.15) is 22.4 Å². The number of carbonyl (C=O) groups excluding carboxylic acids is 1. The summed E-state index contributed by atoms with van der Waals surface area (Å²) in [5.41, 5.74) is 1.36. The number of benzene rings is 1. The number of nitriles is 1. The van der Waals surface area contributed by atoms with Gasteiger partial charge in [0.15, 0.2) is 11.5 Å². The minimum Gasteiger partial charge on any atom is -0.454 e. The Morgan fingerprint density at radius 2 is 2.12 bits per heavy atom. The topological polar surface area (TPSA) is 106 Å². The van der Waals surface area contributed by atoms with Gasteiger partial charge in [-0.15, -0.1) is 0 Å². The molecular weight excluding hydrogens is 324 g/mol. The molecule has 25 heavy (non-hydrogen) atoms. The molecule has 8 nitrogen and oxygen atoms in total. The van der Waals surface area contributed by atoms with Gasteiger partial charge in [-0.2, -0.15) is 10.4 Å². The first kappa shape index (κ1) is 16.5. The van der Waals surface area contributed by atoms with E-state index in [0.29, 0.717) is 22.8 Å². The molecule has 0 aliphatic carbocycles. The molecule has 0 fully saturated rings. The quantitative estimate of drug-likeness (QED) is 0.881. The average Bonchev–Trinajstić information content (AvgIpc) is 3.06. The maximum Gasteiger partial charge on any atom is 0.285 e. The van der Waals surface area contributed by atoms with Crippen LogP contribution in [-0.4, -0.2) is 22.5 Å². The molecule has 2 heterocycles. The smallest absolute Gasteiger partial charge is 0.285 e. The number of hydrogen-bond acceptors (Lipinski definition) is 6. The van der Waals surface area contributed by atoms with Crippen molar-refractivity contribution >= 4 is 5.91 Å². The molecule has 0 radical (unpaired) electrons. The lowest BCUT2D eigenvalue weighted by molar-refractivity contribution is -0.122.